The van der Waals surface area contributed by atoms with E-state index in [2.05, 4.69) is 36.3 Å². The molecule has 0 aliphatic heterocycles. The van der Waals surface area contributed by atoms with Crippen LogP contribution in [0.1, 0.15) is 50.7 Å². The van der Waals surface area contributed by atoms with Crippen LogP contribution in [0.2, 0.25) is 0 Å². The quantitative estimate of drug-likeness (QED) is 0.574. The molecule has 0 spiro atoms. The summed E-state index contributed by atoms with van der Waals surface area (Å²) in [6.45, 7) is 11.2. The summed E-state index contributed by atoms with van der Waals surface area (Å²) in [6.07, 6.45) is 0. The van der Waals surface area contributed by atoms with Crippen molar-refractivity contribution < 1.29 is 9.59 Å². The molecule has 0 saturated carbocycles. The van der Waals surface area contributed by atoms with E-state index in [0.29, 0.717) is 34.9 Å². The van der Waals surface area contributed by atoms with Gasteiger partial charge in [-0.15, -0.1) is 11.3 Å². The van der Waals surface area contributed by atoms with Gasteiger partial charge in [-0.3, -0.25) is 9.59 Å². The number of benzene rings is 2. The highest BCUT2D eigenvalue weighted by Gasteiger charge is 2.18. The van der Waals surface area contributed by atoms with Gasteiger partial charge in [0.2, 0.25) is 0 Å². The molecule has 0 unspecified atom stereocenters. The van der Waals surface area contributed by atoms with Gasteiger partial charge < -0.3 is 10.2 Å². The molecule has 6 heteroatoms. The summed E-state index contributed by atoms with van der Waals surface area (Å²) in [6, 6.07) is 13.3. The number of carbonyl (C=O) groups is 2. The van der Waals surface area contributed by atoms with Crippen molar-refractivity contribution in [2.24, 2.45) is 0 Å². The third kappa shape index (κ3) is 4.60. The number of amides is 2. The molecule has 0 fully saturated rings. The van der Waals surface area contributed by atoms with E-state index in [1.54, 1.807) is 29.2 Å². The summed E-state index contributed by atoms with van der Waals surface area (Å²) < 4.78 is 0. The van der Waals surface area contributed by atoms with Gasteiger partial charge >= 0.3 is 0 Å². The van der Waals surface area contributed by atoms with Gasteiger partial charge in [-0.05, 0) is 58.4 Å². The van der Waals surface area contributed by atoms with Crippen LogP contribution in [-0.2, 0) is 0 Å². The third-order valence-corrected chi connectivity index (χ3v) is 6.22. The molecule has 30 heavy (non-hydrogen) atoms. The molecular formula is C24H27N3O2S. The number of hydrogen-bond acceptors (Lipinski definition) is 4. The maximum atomic E-state index is 12.9. The van der Waals surface area contributed by atoms with E-state index >= 15 is 0 Å². The molecule has 0 saturated heterocycles. The molecule has 0 atom stereocenters. The van der Waals surface area contributed by atoms with Crippen LogP contribution in [0.25, 0.3) is 10.6 Å². The molecule has 1 N–H and O–H groups in total. The molecule has 0 aliphatic carbocycles. The first kappa shape index (κ1) is 21.7. The van der Waals surface area contributed by atoms with E-state index < -0.39 is 0 Å². The number of carbonyl (C=O) groups excluding carboxylic acids is 2. The average Bonchev–Trinajstić information content (AvgIpc) is 3.10. The van der Waals surface area contributed by atoms with Gasteiger partial charge in [-0.1, -0.05) is 29.8 Å². The van der Waals surface area contributed by atoms with Gasteiger partial charge in [-0.25, -0.2) is 4.98 Å². The van der Waals surface area contributed by atoms with Crippen molar-refractivity contribution >= 4 is 28.8 Å². The number of thiazole rings is 1. The fourth-order valence-electron chi connectivity index (χ4n) is 3.39. The summed E-state index contributed by atoms with van der Waals surface area (Å²) in [5.41, 5.74) is 5.23. The Morgan fingerprint density at radius 1 is 1.03 bits per heavy atom. The highest BCUT2D eigenvalue weighted by atomic mass is 32.1. The number of nitrogens with zero attached hydrogens (tertiary/aromatic N) is 2. The van der Waals surface area contributed by atoms with E-state index in [0.717, 1.165) is 16.1 Å². The van der Waals surface area contributed by atoms with Crippen LogP contribution in [0.5, 0.6) is 0 Å². The molecule has 2 amide bonds. The maximum Gasteiger partial charge on any atom is 0.267 e. The molecule has 3 aromatic rings. The van der Waals surface area contributed by atoms with Crippen molar-refractivity contribution in [3.8, 4) is 10.6 Å². The third-order valence-electron chi connectivity index (χ3n) is 5.03. The first-order chi connectivity index (χ1) is 14.3. The SMILES string of the molecule is CCN(CC)C(=O)c1cccc(NC(=O)c2sc(-c3ccc(C)cc3C)nc2C)c1. The van der Waals surface area contributed by atoms with Crippen LogP contribution in [0.3, 0.4) is 0 Å². The smallest absolute Gasteiger partial charge is 0.267 e. The summed E-state index contributed by atoms with van der Waals surface area (Å²) >= 11 is 1.38. The monoisotopic (exact) mass is 421 g/mol. The first-order valence-corrected chi connectivity index (χ1v) is 10.9. The Balaban J connectivity index is 1.83. The Kier molecular flexibility index (Phi) is 6.67. The van der Waals surface area contributed by atoms with Crippen LogP contribution in [0, 0.1) is 20.8 Å². The van der Waals surface area contributed by atoms with Crippen molar-refractivity contribution in [1.29, 1.82) is 0 Å². The molecule has 1 heterocycles. The molecule has 3 rings (SSSR count). The Hall–Kier alpha value is -2.99. The fraction of sp³-hybridized carbons (Fsp3) is 0.292. The van der Waals surface area contributed by atoms with Crippen molar-refractivity contribution in [2.75, 3.05) is 18.4 Å². The zero-order chi connectivity index (χ0) is 21.8. The van der Waals surface area contributed by atoms with Crippen molar-refractivity contribution in [2.45, 2.75) is 34.6 Å². The predicted molar refractivity (Wildman–Crippen MR) is 123 cm³/mol. The Morgan fingerprint density at radius 2 is 1.77 bits per heavy atom. The zero-order valence-electron chi connectivity index (χ0n) is 18.1. The maximum absolute atomic E-state index is 12.9. The van der Waals surface area contributed by atoms with Crippen LogP contribution >= 0.6 is 11.3 Å². The molecule has 0 aliphatic rings. The standard InChI is InChI=1S/C24H27N3O2S/c1-6-27(7-2)24(29)18-9-8-10-19(14-18)26-22(28)21-17(5)25-23(30-21)20-12-11-15(3)13-16(20)4/h8-14H,6-7H2,1-5H3,(H,26,28). The molecule has 2 aromatic carbocycles. The van der Waals surface area contributed by atoms with Gasteiger partial charge in [0.15, 0.2) is 0 Å². The highest BCUT2D eigenvalue weighted by molar-refractivity contribution is 7.17. The number of nitrogens with one attached hydrogen (secondary N) is 1. The van der Waals surface area contributed by atoms with Crippen molar-refractivity contribution in [3.63, 3.8) is 0 Å². The van der Waals surface area contributed by atoms with Crippen LogP contribution in [-0.4, -0.2) is 34.8 Å². The van der Waals surface area contributed by atoms with Gasteiger partial charge in [0, 0.05) is 29.9 Å². The number of hydrogen-bond donors (Lipinski definition) is 1. The minimum absolute atomic E-state index is 0.0396. The number of anilines is 1. The second-order valence-corrected chi connectivity index (χ2v) is 8.26. The Bertz CT molecular complexity index is 1080. The second kappa shape index (κ2) is 9.22. The zero-order valence-corrected chi connectivity index (χ0v) is 18.9. The lowest BCUT2D eigenvalue weighted by atomic mass is 10.1. The van der Waals surface area contributed by atoms with Gasteiger partial charge in [-0.2, -0.15) is 0 Å². The van der Waals surface area contributed by atoms with Crippen LogP contribution in [0.15, 0.2) is 42.5 Å². The second-order valence-electron chi connectivity index (χ2n) is 7.26. The van der Waals surface area contributed by atoms with Crippen LogP contribution in [0.4, 0.5) is 5.69 Å². The van der Waals surface area contributed by atoms with Crippen molar-refractivity contribution in [3.05, 3.63) is 69.7 Å². The van der Waals surface area contributed by atoms with E-state index in [1.165, 1.54) is 16.9 Å². The van der Waals surface area contributed by atoms with Gasteiger partial charge in [0.25, 0.3) is 11.8 Å². The highest BCUT2D eigenvalue weighted by Crippen LogP contribution is 2.31. The molecule has 1 aromatic heterocycles. The molecular weight excluding hydrogens is 394 g/mol. The first-order valence-electron chi connectivity index (χ1n) is 10.1. The minimum Gasteiger partial charge on any atom is -0.339 e. The topological polar surface area (TPSA) is 62.3 Å². The lowest BCUT2D eigenvalue weighted by molar-refractivity contribution is 0.0772. The number of rotatable bonds is 6. The summed E-state index contributed by atoms with van der Waals surface area (Å²) in [7, 11) is 0. The Morgan fingerprint density at radius 3 is 2.43 bits per heavy atom. The summed E-state index contributed by atoms with van der Waals surface area (Å²) in [5.74, 6) is -0.254. The van der Waals surface area contributed by atoms with E-state index in [1.807, 2.05) is 26.8 Å². The van der Waals surface area contributed by atoms with E-state index in [-0.39, 0.29) is 11.8 Å². The normalized spacial score (nSPS) is 10.7. The van der Waals surface area contributed by atoms with Crippen LogP contribution < -0.4 is 5.32 Å². The minimum atomic E-state index is -0.214. The number of aryl methyl sites for hydroxylation is 3. The van der Waals surface area contributed by atoms with Gasteiger partial charge in [0.1, 0.15) is 9.88 Å². The largest absolute Gasteiger partial charge is 0.339 e. The van der Waals surface area contributed by atoms with Crippen molar-refractivity contribution in [1.82, 2.24) is 9.88 Å². The van der Waals surface area contributed by atoms with Gasteiger partial charge in [0.05, 0.1) is 5.69 Å². The molecule has 0 radical (unpaired) electrons. The van der Waals surface area contributed by atoms with E-state index in [9.17, 15) is 9.59 Å². The number of aromatic nitrogens is 1. The lowest BCUT2D eigenvalue weighted by Gasteiger charge is -2.19. The lowest BCUT2D eigenvalue weighted by Crippen LogP contribution is -2.30. The summed E-state index contributed by atoms with van der Waals surface area (Å²) in [4.78, 5) is 32.5. The molecule has 0 bridgehead atoms. The van der Waals surface area contributed by atoms with E-state index in [4.69, 9.17) is 0 Å². The fourth-order valence-corrected chi connectivity index (χ4v) is 4.44. The molecule has 156 valence electrons. The Labute approximate surface area is 181 Å². The average molecular weight is 422 g/mol. The predicted octanol–water partition coefficient (Wildman–Crippen LogP) is 5.47. The summed E-state index contributed by atoms with van der Waals surface area (Å²) in [5, 5.41) is 3.75. The molecule has 5 nitrogen and oxygen atoms in total.